The number of nitrogens with one attached hydrogen (secondary N) is 1. The zero-order chi connectivity index (χ0) is 13.0. The van der Waals surface area contributed by atoms with Crippen molar-refractivity contribution in [3.63, 3.8) is 0 Å². The topological polar surface area (TPSA) is 30.5 Å². The van der Waals surface area contributed by atoms with Crippen molar-refractivity contribution in [1.29, 1.82) is 0 Å². The van der Waals surface area contributed by atoms with Crippen molar-refractivity contribution in [3.05, 3.63) is 23.3 Å². The molecule has 0 radical (unpaired) electrons. The summed E-state index contributed by atoms with van der Waals surface area (Å²) < 4.78 is 10.9. The Morgan fingerprint density at radius 3 is 2.44 bits per heavy atom. The number of piperidine rings is 1. The molecule has 0 spiro atoms. The maximum Gasteiger partial charge on any atom is 0.163 e. The summed E-state index contributed by atoms with van der Waals surface area (Å²) in [5.41, 5.74) is 2.64. The van der Waals surface area contributed by atoms with Gasteiger partial charge in [-0.25, -0.2) is 0 Å². The van der Waals surface area contributed by atoms with Crippen molar-refractivity contribution in [3.8, 4) is 11.5 Å². The van der Waals surface area contributed by atoms with E-state index in [-0.39, 0.29) is 0 Å². The lowest BCUT2D eigenvalue weighted by Crippen LogP contribution is -2.26. The van der Waals surface area contributed by atoms with Gasteiger partial charge in [0.25, 0.3) is 0 Å². The molecule has 0 saturated carbocycles. The fraction of sp³-hybridized carbons (Fsp3) is 0.600. The van der Waals surface area contributed by atoms with E-state index in [0.29, 0.717) is 5.92 Å². The van der Waals surface area contributed by atoms with Gasteiger partial charge in [0.1, 0.15) is 0 Å². The molecule has 100 valence electrons. The summed E-state index contributed by atoms with van der Waals surface area (Å²) >= 11 is 0. The minimum Gasteiger partial charge on any atom is -0.493 e. The number of ether oxygens (including phenoxy) is 2. The van der Waals surface area contributed by atoms with Crippen LogP contribution in [0.3, 0.4) is 0 Å². The highest BCUT2D eigenvalue weighted by Crippen LogP contribution is 2.37. The second kappa shape index (κ2) is 6.10. The van der Waals surface area contributed by atoms with Crippen molar-refractivity contribution in [1.82, 2.24) is 5.32 Å². The number of benzene rings is 1. The summed E-state index contributed by atoms with van der Waals surface area (Å²) in [7, 11) is 3.42. The molecule has 2 rings (SSSR count). The van der Waals surface area contributed by atoms with Crippen LogP contribution in [0.5, 0.6) is 11.5 Å². The first-order valence-corrected chi connectivity index (χ1v) is 6.75. The van der Waals surface area contributed by atoms with Gasteiger partial charge in [0.2, 0.25) is 0 Å². The van der Waals surface area contributed by atoms with Gasteiger partial charge in [-0.2, -0.15) is 0 Å². The molecule has 1 aliphatic heterocycles. The van der Waals surface area contributed by atoms with Crippen LogP contribution in [0.2, 0.25) is 0 Å². The Labute approximate surface area is 109 Å². The molecule has 0 atom stereocenters. The normalized spacial score (nSPS) is 16.6. The van der Waals surface area contributed by atoms with Gasteiger partial charge in [0, 0.05) is 0 Å². The molecule has 0 aromatic heterocycles. The number of hydrogen-bond donors (Lipinski definition) is 1. The molecule has 18 heavy (non-hydrogen) atoms. The van der Waals surface area contributed by atoms with Crippen LogP contribution in [0.25, 0.3) is 0 Å². The fourth-order valence-electron chi connectivity index (χ4n) is 2.72. The molecule has 0 unspecified atom stereocenters. The van der Waals surface area contributed by atoms with Gasteiger partial charge < -0.3 is 14.8 Å². The maximum atomic E-state index is 5.47. The Morgan fingerprint density at radius 1 is 1.17 bits per heavy atom. The summed E-state index contributed by atoms with van der Waals surface area (Å²) in [5, 5.41) is 3.41. The molecule has 1 N–H and O–H groups in total. The number of aryl methyl sites for hydroxylation is 1. The van der Waals surface area contributed by atoms with Gasteiger partial charge in [0.05, 0.1) is 14.2 Å². The van der Waals surface area contributed by atoms with Crippen molar-refractivity contribution in [2.75, 3.05) is 27.3 Å². The third-order valence-corrected chi connectivity index (χ3v) is 3.77. The Balaban J connectivity index is 2.35. The lowest BCUT2D eigenvalue weighted by molar-refractivity contribution is 0.350. The Morgan fingerprint density at radius 2 is 1.89 bits per heavy atom. The van der Waals surface area contributed by atoms with Gasteiger partial charge in [0.15, 0.2) is 11.5 Å². The standard InChI is InChI=1S/C15H23NO2/c1-4-11-9-13(12-5-7-16-8-6-12)10-14(17-2)15(11)18-3/h9-10,12,16H,4-8H2,1-3H3. The quantitative estimate of drug-likeness (QED) is 0.890. The van der Waals surface area contributed by atoms with E-state index in [1.54, 1.807) is 14.2 Å². The van der Waals surface area contributed by atoms with Crippen LogP contribution in [0.1, 0.15) is 36.8 Å². The van der Waals surface area contributed by atoms with Crippen molar-refractivity contribution in [2.24, 2.45) is 0 Å². The minimum atomic E-state index is 0.649. The number of methoxy groups -OCH3 is 2. The zero-order valence-electron chi connectivity index (χ0n) is 11.6. The van der Waals surface area contributed by atoms with E-state index < -0.39 is 0 Å². The first-order valence-electron chi connectivity index (χ1n) is 6.75. The van der Waals surface area contributed by atoms with Crippen molar-refractivity contribution >= 4 is 0 Å². The third-order valence-electron chi connectivity index (χ3n) is 3.77. The Kier molecular flexibility index (Phi) is 4.48. The van der Waals surface area contributed by atoms with Crippen LogP contribution in [-0.2, 0) is 6.42 Å². The predicted molar refractivity (Wildman–Crippen MR) is 73.8 cm³/mol. The molecule has 0 amide bonds. The molecule has 0 bridgehead atoms. The maximum absolute atomic E-state index is 5.47. The van der Waals surface area contributed by atoms with Gasteiger partial charge in [-0.15, -0.1) is 0 Å². The summed E-state index contributed by atoms with van der Waals surface area (Å²) in [4.78, 5) is 0. The number of rotatable bonds is 4. The van der Waals surface area contributed by atoms with E-state index in [1.165, 1.54) is 24.0 Å². The van der Waals surface area contributed by atoms with E-state index in [9.17, 15) is 0 Å². The fourth-order valence-corrected chi connectivity index (χ4v) is 2.72. The predicted octanol–water partition coefficient (Wildman–Crippen LogP) is 2.73. The van der Waals surface area contributed by atoms with E-state index in [0.717, 1.165) is 31.0 Å². The highest BCUT2D eigenvalue weighted by molar-refractivity contribution is 5.50. The van der Waals surface area contributed by atoms with Crippen LogP contribution in [-0.4, -0.2) is 27.3 Å². The summed E-state index contributed by atoms with van der Waals surface area (Å²) in [6.45, 7) is 4.38. The van der Waals surface area contributed by atoms with Crippen LogP contribution < -0.4 is 14.8 Å². The van der Waals surface area contributed by atoms with Crippen LogP contribution in [0.15, 0.2) is 12.1 Å². The second-order valence-corrected chi connectivity index (χ2v) is 4.79. The third kappa shape index (κ3) is 2.61. The molecule has 1 fully saturated rings. The highest BCUT2D eigenvalue weighted by Gasteiger charge is 2.19. The van der Waals surface area contributed by atoms with Crippen LogP contribution in [0, 0.1) is 0 Å². The molecule has 0 aliphatic carbocycles. The average Bonchev–Trinajstić information content (AvgIpc) is 2.46. The van der Waals surface area contributed by atoms with E-state index in [4.69, 9.17) is 9.47 Å². The molecule has 3 heteroatoms. The van der Waals surface area contributed by atoms with Gasteiger partial charge in [-0.3, -0.25) is 0 Å². The Hall–Kier alpha value is -1.22. The zero-order valence-corrected chi connectivity index (χ0v) is 11.6. The molecular weight excluding hydrogens is 226 g/mol. The first kappa shape index (κ1) is 13.2. The molecule has 1 aromatic carbocycles. The monoisotopic (exact) mass is 249 g/mol. The highest BCUT2D eigenvalue weighted by atomic mass is 16.5. The number of hydrogen-bond acceptors (Lipinski definition) is 3. The van der Waals surface area contributed by atoms with Gasteiger partial charge in [-0.1, -0.05) is 13.0 Å². The van der Waals surface area contributed by atoms with E-state index in [1.807, 2.05) is 0 Å². The van der Waals surface area contributed by atoms with E-state index >= 15 is 0 Å². The molecule has 1 heterocycles. The van der Waals surface area contributed by atoms with E-state index in [2.05, 4.69) is 24.4 Å². The lowest BCUT2D eigenvalue weighted by atomic mass is 9.88. The molecule has 3 nitrogen and oxygen atoms in total. The summed E-state index contributed by atoms with van der Waals surface area (Å²) in [5.74, 6) is 2.40. The van der Waals surface area contributed by atoms with Gasteiger partial charge in [-0.05, 0) is 55.5 Å². The van der Waals surface area contributed by atoms with Gasteiger partial charge >= 0.3 is 0 Å². The molecule has 1 aliphatic rings. The first-order chi connectivity index (χ1) is 8.80. The summed E-state index contributed by atoms with van der Waals surface area (Å²) in [6, 6.07) is 4.44. The second-order valence-electron chi connectivity index (χ2n) is 4.79. The van der Waals surface area contributed by atoms with Crippen molar-refractivity contribution in [2.45, 2.75) is 32.1 Å². The minimum absolute atomic E-state index is 0.649. The average molecular weight is 249 g/mol. The lowest BCUT2D eigenvalue weighted by Gasteiger charge is -2.24. The molecule has 1 saturated heterocycles. The summed E-state index contributed by atoms with van der Waals surface area (Å²) in [6.07, 6.45) is 3.38. The smallest absolute Gasteiger partial charge is 0.163 e. The SMILES string of the molecule is CCc1cc(C2CCNCC2)cc(OC)c1OC. The van der Waals surface area contributed by atoms with Crippen LogP contribution >= 0.6 is 0 Å². The molecule has 1 aromatic rings. The van der Waals surface area contributed by atoms with Crippen molar-refractivity contribution < 1.29 is 9.47 Å². The Bertz CT molecular complexity index is 372. The van der Waals surface area contributed by atoms with Crippen LogP contribution in [0.4, 0.5) is 0 Å². The molecular formula is C15H23NO2. The largest absolute Gasteiger partial charge is 0.493 e.